The molecule has 0 saturated heterocycles. The minimum absolute atomic E-state index is 0.0479. The van der Waals surface area contributed by atoms with E-state index in [4.69, 9.17) is 0 Å². The standard InChI is InChI=1S/C16H20N4O2S/c1-11-5-4-6-12(2)15(11)19-13(21)9-18-14(22)10-23-16-17-7-8-20(16)3/h4-8H,9-10H2,1-3H3,(H,18,22)(H,19,21). The van der Waals surface area contributed by atoms with E-state index in [0.717, 1.165) is 22.0 Å². The van der Waals surface area contributed by atoms with Gasteiger partial charge in [0.1, 0.15) is 0 Å². The minimum Gasteiger partial charge on any atom is -0.346 e. The molecule has 0 unspecified atom stereocenters. The lowest BCUT2D eigenvalue weighted by Crippen LogP contribution is -2.34. The number of anilines is 1. The summed E-state index contributed by atoms with van der Waals surface area (Å²) in [6.07, 6.45) is 3.50. The molecular formula is C16H20N4O2S. The highest BCUT2D eigenvalue weighted by atomic mass is 32.2. The predicted octanol–water partition coefficient (Wildman–Crippen LogP) is 1.88. The van der Waals surface area contributed by atoms with Gasteiger partial charge in [-0.1, -0.05) is 30.0 Å². The first-order valence-electron chi connectivity index (χ1n) is 7.20. The topological polar surface area (TPSA) is 76.0 Å². The number of nitrogens with one attached hydrogen (secondary N) is 2. The van der Waals surface area contributed by atoms with Crippen molar-refractivity contribution in [2.45, 2.75) is 19.0 Å². The highest BCUT2D eigenvalue weighted by Crippen LogP contribution is 2.19. The Balaban J connectivity index is 1.78. The average molecular weight is 332 g/mol. The molecule has 0 spiro atoms. The van der Waals surface area contributed by atoms with E-state index in [1.54, 1.807) is 6.20 Å². The molecule has 23 heavy (non-hydrogen) atoms. The van der Waals surface area contributed by atoms with Crippen molar-refractivity contribution in [3.8, 4) is 0 Å². The van der Waals surface area contributed by atoms with Gasteiger partial charge < -0.3 is 15.2 Å². The number of nitrogens with zero attached hydrogens (tertiary/aromatic N) is 2. The Kier molecular flexibility index (Phi) is 5.81. The maximum Gasteiger partial charge on any atom is 0.243 e. The number of benzene rings is 1. The molecule has 0 bridgehead atoms. The molecule has 2 rings (SSSR count). The number of aromatic nitrogens is 2. The highest BCUT2D eigenvalue weighted by molar-refractivity contribution is 7.99. The molecule has 6 nitrogen and oxygen atoms in total. The van der Waals surface area contributed by atoms with Crippen molar-refractivity contribution in [1.29, 1.82) is 0 Å². The number of aryl methyl sites for hydroxylation is 3. The van der Waals surface area contributed by atoms with Crippen molar-refractivity contribution in [2.75, 3.05) is 17.6 Å². The molecule has 2 amide bonds. The molecule has 7 heteroatoms. The zero-order valence-corrected chi connectivity index (χ0v) is 14.2. The van der Waals surface area contributed by atoms with Gasteiger partial charge in [0, 0.05) is 25.1 Å². The summed E-state index contributed by atoms with van der Waals surface area (Å²) >= 11 is 1.33. The van der Waals surface area contributed by atoms with E-state index in [0.29, 0.717) is 0 Å². The second kappa shape index (κ2) is 7.82. The fourth-order valence-corrected chi connectivity index (χ4v) is 2.81. The summed E-state index contributed by atoms with van der Waals surface area (Å²) in [5.74, 6) is -0.214. The van der Waals surface area contributed by atoms with Crippen molar-refractivity contribution < 1.29 is 9.59 Å². The third kappa shape index (κ3) is 4.85. The van der Waals surface area contributed by atoms with Crippen molar-refractivity contribution in [3.05, 3.63) is 41.7 Å². The first-order valence-corrected chi connectivity index (χ1v) is 8.19. The van der Waals surface area contributed by atoms with Crippen LogP contribution in [-0.2, 0) is 16.6 Å². The quantitative estimate of drug-likeness (QED) is 0.792. The fourth-order valence-electron chi connectivity index (χ4n) is 2.05. The monoisotopic (exact) mass is 332 g/mol. The lowest BCUT2D eigenvalue weighted by Gasteiger charge is -2.11. The number of hydrogen-bond donors (Lipinski definition) is 2. The summed E-state index contributed by atoms with van der Waals surface area (Å²) in [5, 5.41) is 6.21. The van der Waals surface area contributed by atoms with Gasteiger partial charge >= 0.3 is 0 Å². The molecule has 1 heterocycles. The van der Waals surface area contributed by atoms with Crippen molar-refractivity contribution in [1.82, 2.24) is 14.9 Å². The van der Waals surface area contributed by atoms with Gasteiger partial charge in [-0.25, -0.2) is 4.98 Å². The van der Waals surface area contributed by atoms with Gasteiger partial charge in [0.15, 0.2) is 5.16 Å². The van der Waals surface area contributed by atoms with E-state index < -0.39 is 0 Å². The minimum atomic E-state index is -0.238. The Labute approximate surface area is 139 Å². The second-order valence-corrected chi connectivity index (χ2v) is 6.14. The Bertz CT molecular complexity index is 692. The Hall–Kier alpha value is -2.28. The summed E-state index contributed by atoms with van der Waals surface area (Å²) < 4.78 is 1.84. The Morgan fingerprint density at radius 1 is 1.22 bits per heavy atom. The first-order chi connectivity index (χ1) is 11.0. The number of amides is 2. The largest absolute Gasteiger partial charge is 0.346 e. The van der Waals surface area contributed by atoms with Gasteiger partial charge in [0.05, 0.1) is 12.3 Å². The first kappa shape index (κ1) is 17.1. The van der Waals surface area contributed by atoms with Gasteiger partial charge in [0.2, 0.25) is 11.8 Å². The SMILES string of the molecule is Cc1cccc(C)c1NC(=O)CNC(=O)CSc1nccn1C. The van der Waals surface area contributed by atoms with Crippen LogP contribution in [0, 0.1) is 13.8 Å². The zero-order chi connectivity index (χ0) is 16.8. The number of para-hydroxylation sites is 1. The number of hydrogen-bond acceptors (Lipinski definition) is 4. The molecule has 2 aromatic rings. The van der Waals surface area contributed by atoms with Crippen LogP contribution in [0.4, 0.5) is 5.69 Å². The lowest BCUT2D eigenvalue weighted by atomic mass is 10.1. The van der Waals surface area contributed by atoms with Crippen molar-refractivity contribution >= 4 is 29.3 Å². The smallest absolute Gasteiger partial charge is 0.243 e. The number of carbonyl (C=O) groups is 2. The summed E-state index contributed by atoms with van der Waals surface area (Å²) in [6, 6.07) is 5.81. The van der Waals surface area contributed by atoms with Gasteiger partial charge in [-0.2, -0.15) is 0 Å². The van der Waals surface area contributed by atoms with E-state index >= 15 is 0 Å². The number of imidazole rings is 1. The number of carbonyl (C=O) groups excluding carboxylic acids is 2. The van der Waals surface area contributed by atoms with Gasteiger partial charge in [-0.15, -0.1) is 0 Å². The molecule has 0 saturated carbocycles. The van der Waals surface area contributed by atoms with E-state index in [1.165, 1.54) is 11.8 Å². The van der Waals surface area contributed by atoms with Gasteiger partial charge in [0.25, 0.3) is 0 Å². The molecule has 0 aliphatic rings. The zero-order valence-electron chi connectivity index (χ0n) is 13.4. The molecule has 0 radical (unpaired) electrons. The molecule has 1 aromatic heterocycles. The maximum absolute atomic E-state index is 12.0. The normalized spacial score (nSPS) is 10.4. The predicted molar refractivity (Wildman–Crippen MR) is 91.5 cm³/mol. The van der Waals surface area contributed by atoms with Gasteiger partial charge in [-0.05, 0) is 25.0 Å². The second-order valence-electron chi connectivity index (χ2n) is 5.20. The summed E-state index contributed by atoms with van der Waals surface area (Å²) in [4.78, 5) is 27.9. The number of thioether (sulfide) groups is 1. The maximum atomic E-state index is 12.0. The molecular weight excluding hydrogens is 312 g/mol. The summed E-state index contributed by atoms with van der Waals surface area (Å²) in [6.45, 7) is 3.82. The van der Waals surface area contributed by atoms with Crippen molar-refractivity contribution in [3.63, 3.8) is 0 Å². The highest BCUT2D eigenvalue weighted by Gasteiger charge is 2.10. The van der Waals surface area contributed by atoms with Gasteiger partial charge in [-0.3, -0.25) is 9.59 Å². The molecule has 0 aliphatic heterocycles. The van der Waals surface area contributed by atoms with Crippen LogP contribution in [0.25, 0.3) is 0 Å². The molecule has 2 N–H and O–H groups in total. The molecule has 122 valence electrons. The van der Waals surface area contributed by atoms with Crippen LogP contribution >= 0.6 is 11.8 Å². The average Bonchev–Trinajstić information content (AvgIpc) is 2.92. The van der Waals surface area contributed by atoms with E-state index in [2.05, 4.69) is 15.6 Å². The summed E-state index contributed by atoms with van der Waals surface area (Å²) in [5.41, 5.74) is 2.79. The van der Waals surface area contributed by atoms with E-state index in [1.807, 2.05) is 49.9 Å². The van der Waals surface area contributed by atoms with Crippen LogP contribution < -0.4 is 10.6 Å². The third-order valence-electron chi connectivity index (χ3n) is 3.30. The molecule has 0 aliphatic carbocycles. The molecule has 0 atom stereocenters. The Morgan fingerprint density at radius 2 is 1.91 bits per heavy atom. The van der Waals surface area contributed by atoms with E-state index in [-0.39, 0.29) is 24.1 Å². The van der Waals surface area contributed by atoms with Crippen LogP contribution in [0.15, 0.2) is 35.7 Å². The number of rotatable bonds is 6. The summed E-state index contributed by atoms with van der Waals surface area (Å²) in [7, 11) is 1.87. The van der Waals surface area contributed by atoms with Crippen LogP contribution in [-0.4, -0.2) is 33.7 Å². The lowest BCUT2D eigenvalue weighted by molar-refractivity contribution is -0.122. The third-order valence-corrected chi connectivity index (χ3v) is 4.36. The molecule has 1 aromatic carbocycles. The van der Waals surface area contributed by atoms with E-state index in [9.17, 15) is 9.59 Å². The van der Waals surface area contributed by atoms with Crippen LogP contribution in [0.3, 0.4) is 0 Å². The fraction of sp³-hybridized carbons (Fsp3) is 0.312. The van der Waals surface area contributed by atoms with Crippen LogP contribution in [0.1, 0.15) is 11.1 Å². The van der Waals surface area contributed by atoms with Crippen LogP contribution in [0.2, 0.25) is 0 Å². The van der Waals surface area contributed by atoms with Crippen molar-refractivity contribution in [2.24, 2.45) is 7.05 Å². The molecule has 0 fully saturated rings. The Morgan fingerprint density at radius 3 is 2.52 bits per heavy atom. The van der Waals surface area contributed by atoms with Crippen LogP contribution in [0.5, 0.6) is 0 Å².